The monoisotopic (exact) mass is 424 g/mol. The van der Waals surface area contributed by atoms with Crippen LogP contribution in [0.2, 0.25) is 0 Å². The molecule has 2 aromatic carbocycles. The summed E-state index contributed by atoms with van der Waals surface area (Å²) < 4.78 is 0.808. The Morgan fingerprint density at radius 1 is 0.931 bits per heavy atom. The van der Waals surface area contributed by atoms with Crippen LogP contribution in [-0.4, -0.2) is 23.4 Å². The Kier molecular flexibility index (Phi) is 4.77. The minimum atomic E-state index is -0.506. The van der Waals surface area contributed by atoms with Gasteiger partial charge in [-0.05, 0) is 23.6 Å². The smallest absolute Gasteiger partial charge is 0.265 e. The molecule has 6 nitrogen and oxygen atoms in total. The molecule has 1 heterocycles. The third kappa shape index (κ3) is 3.14. The molecule has 0 saturated heterocycles. The van der Waals surface area contributed by atoms with E-state index in [-0.39, 0.29) is 33.8 Å². The number of carbonyl (C=O) groups is 4. The fourth-order valence-corrected chi connectivity index (χ4v) is 3.98. The largest absolute Gasteiger partial charge is 0.319 e. The van der Waals surface area contributed by atoms with Gasteiger partial charge in [0.2, 0.25) is 5.91 Å². The predicted octanol–water partition coefficient (Wildman–Crippen LogP) is 4.28. The third-order valence-electron chi connectivity index (χ3n) is 4.54. The maximum Gasteiger partial charge on any atom is 0.265 e. The van der Waals surface area contributed by atoms with Crippen LogP contribution in [0.1, 0.15) is 48.4 Å². The number of thiophene rings is 1. The Bertz CT molecular complexity index is 1190. The molecule has 0 spiro atoms. The summed E-state index contributed by atoms with van der Waals surface area (Å²) in [5.74, 6) is -1.74. The molecule has 8 heteroatoms. The lowest BCUT2D eigenvalue weighted by molar-refractivity contribution is -0.115. The van der Waals surface area contributed by atoms with Gasteiger partial charge < -0.3 is 5.32 Å². The number of amides is 2. The summed E-state index contributed by atoms with van der Waals surface area (Å²) in [6.45, 7) is 1.25. The highest BCUT2D eigenvalue weighted by molar-refractivity contribution is 7.12. The zero-order valence-corrected chi connectivity index (χ0v) is 16.6. The molecule has 1 N–H and O–H groups in total. The first-order chi connectivity index (χ1) is 13.9. The first-order valence-electron chi connectivity index (χ1n) is 8.57. The van der Waals surface area contributed by atoms with Crippen LogP contribution in [0.4, 0.5) is 11.4 Å². The van der Waals surface area contributed by atoms with E-state index in [1.165, 1.54) is 30.4 Å². The van der Waals surface area contributed by atoms with Crippen molar-refractivity contribution in [1.29, 1.82) is 0 Å². The summed E-state index contributed by atoms with van der Waals surface area (Å²) in [6, 6.07) is 12.7. The van der Waals surface area contributed by atoms with E-state index in [0.717, 1.165) is 4.42 Å². The molecule has 1 aliphatic carbocycles. The summed E-state index contributed by atoms with van der Waals surface area (Å²) in [4.78, 5) is 51.2. The van der Waals surface area contributed by atoms with Gasteiger partial charge in [0, 0.05) is 35.4 Å². The molecule has 29 heavy (non-hydrogen) atoms. The van der Waals surface area contributed by atoms with Gasteiger partial charge in [0.1, 0.15) is 0 Å². The van der Waals surface area contributed by atoms with Crippen molar-refractivity contribution in [1.82, 2.24) is 0 Å². The Morgan fingerprint density at radius 2 is 1.62 bits per heavy atom. The lowest BCUT2D eigenvalue weighted by atomic mass is 9.82. The van der Waals surface area contributed by atoms with Gasteiger partial charge in [-0.25, -0.2) is 4.42 Å². The molecule has 144 valence electrons. The molecule has 0 unspecified atom stereocenters. The first kappa shape index (κ1) is 19.0. The van der Waals surface area contributed by atoms with Crippen LogP contribution in [-0.2, 0) is 4.79 Å². The quantitative estimate of drug-likeness (QED) is 0.497. The van der Waals surface area contributed by atoms with Crippen LogP contribution in [0.5, 0.6) is 0 Å². The van der Waals surface area contributed by atoms with E-state index < -0.39 is 17.6 Å². The number of ketones is 2. The van der Waals surface area contributed by atoms with Crippen LogP contribution in [0.25, 0.3) is 0 Å². The second kappa shape index (κ2) is 7.27. The fourth-order valence-electron chi connectivity index (χ4n) is 3.22. The number of fused-ring (bicyclic) bond motifs is 2. The molecule has 1 aromatic heterocycles. The fraction of sp³-hybridized carbons (Fsp3) is 0.0476. The third-order valence-corrected chi connectivity index (χ3v) is 5.83. The Morgan fingerprint density at radius 3 is 2.24 bits per heavy atom. The zero-order valence-electron chi connectivity index (χ0n) is 15.1. The van der Waals surface area contributed by atoms with Gasteiger partial charge in [0.15, 0.2) is 11.6 Å². The van der Waals surface area contributed by atoms with Crippen LogP contribution < -0.4 is 9.74 Å². The summed E-state index contributed by atoms with van der Waals surface area (Å²) in [5.41, 5.74) is 0.832. The first-order valence-corrected chi connectivity index (χ1v) is 9.78. The zero-order chi connectivity index (χ0) is 20.7. The number of hydrogen-bond acceptors (Lipinski definition) is 5. The van der Waals surface area contributed by atoms with Crippen LogP contribution >= 0.6 is 23.1 Å². The van der Waals surface area contributed by atoms with Gasteiger partial charge in [-0.1, -0.05) is 30.3 Å². The number of benzene rings is 2. The van der Waals surface area contributed by atoms with E-state index in [2.05, 4.69) is 5.32 Å². The van der Waals surface area contributed by atoms with Crippen LogP contribution in [0, 0.1) is 0 Å². The molecule has 0 bridgehead atoms. The number of nitrogens with zero attached hydrogens (tertiary/aromatic N) is 1. The van der Waals surface area contributed by atoms with Crippen molar-refractivity contribution in [2.75, 3.05) is 9.74 Å². The summed E-state index contributed by atoms with van der Waals surface area (Å²) in [7, 11) is 0. The highest BCUT2D eigenvalue weighted by atomic mass is 35.5. The molecule has 0 saturated carbocycles. The lowest BCUT2D eigenvalue weighted by Gasteiger charge is -2.24. The number of carbonyl (C=O) groups excluding carboxylic acids is 4. The van der Waals surface area contributed by atoms with E-state index in [1.54, 1.807) is 41.8 Å². The van der Waals surface area contributed by atoms with E-state index >= 15 is 0 Å². The molecule has 0 aliphatic heterocycles. The van der Waals surface area contributed by atoms with E-state index in [4.69, 9.17) is 11.8 Å². The van der Waals surface area contributed by atoms with Gasteiger partial charge in [-0.2, -0.15) is 0 Å². The average Bonchev–Trinajstić information content (AvgIpc) is 3.26. The van der Waals surface area contributed by atoms with Crippen LogP contribution in [0.15, 0.2) is 53.9 Å². The second-order valence-corrected chi connectivity index (χ2v) is 7.60. The Balaban J connectivity index is 1.93. The van der Waals surface area contributed by atoms with Crippen molar-refractivity contribution in [3.8, 4) is 0 Å². The number of halogens is 1. The number of anilines is 2. The molecule has 0 atom stereocenters. The van der Waals surface area contributed by atoms with Crippen LogP contribution in [0.3, 0.4) is 0 Å². The molecule has 4 rings (SSSR count). The molecule has 3 aromatic rings. The van der Waals surface area contributed by atoms with Crippen molar-refractivity contribution in [2.24, 2.45) is 0 Å². The predicted molar refractivity (Wildman–Crippen MR) is 111 cm³/mol. The number of hydrogen-bond donors (Lipinski definition) is 1. The summed E-state index contributed by atoms with van der Waals surface area (Å²) in [6.07, 6.45) is 0. The van der Waals surface area contributed by atoms with Crippen molar-refractivity contribution < 1.29 is 19.2 Å². The number of rotatable bonds is 3. The Labute approximate surface area is 174 Å². The normalized spacial score (nSPS) is 12.2. The highest BCUT2D eigenvalue weighted by Gasteiger charge is 2.34. The highest BCUT2D eigenvalue weighted by Crippen LogP contribution is 2.39. The van der Waals surface area contributed by atoms with Crippen molar-refractivity contribution in [2.45, 2.75) is 6.92 Å². The second-order valence-electron chi connectivity index (χ2n) is 6.32. The van der Waals surface area contributed by atoms with Crippen molar-refractivity contribution in [3.05, 3.63) is 81.0 Å². The van der Waals surface area contributed by atoms with E-state index in [1.807, 2.05) is 0 Å². The average molecular weight is 425 g/mol. The molecular weight excluding hydrogens is 412 g/mol. The molecule has 0 fully saturated rings. The van der Waals surface area contributed by atoms with E-state index in [0.29, 0.717) is 10.4 Å². The van der Waals surface area contributed by atoms with Gasteiger partial charge in [0.25, 0.3) is 5.91 Å². The lowest BCUT2D eigenvalue weighted by Crippen LogP contribution is -2.26. The van der Waals surface area contributed by atoms with Gasteiger partial charge in [0.05, 0.1) is 21.8 Å². The molecular formula is C21H13ClN2O4S. The SMILES string of the molecule is CC(=O)N(Cl)c1ccc2c(c1NC(=O)c1cccs1)C(=O)c1ccccc1C2=O. The topological polar surface area (TPSA) is 83.6 Å². The Hall–Kier alpha value is -3.29. The van der Waals surface area contributed by atoms with Gasteiger partial charge in [-0.3, -0.25) is 19.2 Å². The standard InChI is InChI=1S/C21H13ClN2O4S/c1-11(25)24(22)15-9-8-14-17(18(15)23-21(28)16-7-4-10-29-16)20(27)13-6-3-2-5-12(13)19(14)26/h2-10H,1H3,(H,23,28). The maximum atomic E-state index is 13.2. The van der Waals surface area contributed by atoms with Gasteiger partial charge >= 0.3 is 0 Å². The van der Waals surface area contributed by atoms with Gasteiger partial charge in [-0.15, -0.1) is 11.3 Å². The molecule has 1 aliphatic rings. The minimum Gasteiger partial charge on any atom is -0.319 e. The van der Waals surface area contributed by atoms with Crippen molar-refractivity contribution >= 4 is 57.9 Å². The molecule has 0 radical (unpaired) electrons. The minimum absolute atomic E-state index is 0.0167. The summed E-state index contributed by atoms with van der Waals surface area (Å²) >= 11 is 7.34. The number of nitrogens with one attached hydrogen (secondary N) is 1. The van der Waals surface area contributed by atoms with Crippen molar-refractivity contribution in [3.63, 3.8) is 0 Å². The maximum absolute atomic E-state index is 13.2. The van der Waals surface area contributed by atoms with E-state index in [9.17, 15) is 19.2 Å². The molecule has 2 amide bonds. The summed E-state index contributed by atoms with van der Waals surface area (Å²) in [5, 5.41) is 4.42.